The fraction of sp³-hybridized carbons (Fsp3) is 0.214. The van der Waals surface area contributed by atoms with Crippen LogP contribution in [0.3, 0.4) is 0 Å². The Morgan fingerprint density at radius 3 is 2.12 bits per heavy atom. The van der Waals surface area contributed by atoms with Crippen molar-refractivity contribution < 1.29 is 14.1 Å². The summed E-state index contributed by atoms with van der Waals surface area (Å²) in [6.07, 6.45) is 8.81. The summed E-state index contributed by atoms with van der Waals surface area (Å²) < 4.78 is 13.5. The molecule has 4 nitrogen and oxygen atoms in total. The highest BCUT2D eigenvalue weighted by Gasteiger charge is 2.35. The zero-order valence-electron chi connectivity index (χ0n) is 18.2. The molecule has 1 saturated carbocycles. The molecule has 3 aromatic carbocycles. The van der Waals surface area contributed by atoms with Crippen LogP contribution < -0.4 is 0 Å². The van der Waals surface area contributed by atoms with Gasteiger partial charge in [0, 0.05) is 21.4 Å². The number of benzene rings is 3. The predicted molar refractivity (Wildman–Crippen MR) is 131 cm³/mol. The number of allylic oxidation sites excluding steroid dienone is 1. The van der Waals surface area contributed by atoms with Crippen molar-refractivity contribution in [3.8, 4) is 5.75 Å². The number of rotatable bonds is 4. The first-order valence-electron chi connectivity index (χ1n) is 11.3. The van der Waals surface area contributed by atoms with E-state index in [1.165, 1.54) is 23.6 Å². The Hall–Kier alpha value is -3.31. The van der Waals surface area contributed by atoms with Crippen molar-refractivity contribution in [1.82, 2.24) is 0 Å². The Kier molecular flexibility index (Phi) is 5.59. The zero-order chi connectivity index (χ0) is 23.0. The smallest absolute Gasteiger partial charge is 0.211 e. The number of ketones is 1. The largest absolute Gasteiger partial charge is 0.508 e. The molecule has 2 aliphatic rings. The molecule has 0 heterocycles. The fourth-order valence-electron chi connectivity index (χ4n) is 5.17. The van der Waals surface area contributed by atoms with Crippen molar-refractivity contribution in [3.05, 3.63) is 95.1 Å². The topological polar surface area (TPSA) is 78.2 Å². The van der Waals surface area contributed by atoms with E-state index in [0.29, 0.717) is 20.9 Å². The van der Waals surface area contributed by atoms with Gasteiger partial charge in [-0.1, -0.05) is 61.7 Å². The Morgan fingerprint density at radius 1 is 0.818 bits per heavy atom. The van der Waals surface area contributed by atoms with Crippen LogP contribution in [0, 0.1) is 5.41 Å². The van der Waals surface area contributed by atoms with E-state index in [2.05, 4.69) is 12.1 Å². The lowest BCUT2D eigenvalue weighted by atomic mass is 9.65. The summed E-state index contributed by atoms with van der Waals surface area (Å²) in [4.78, 5) is 13.6. The van der Waals surface area contributed by atoms with E-state index in [9.17, 15) is 14.1 Å². The molecule has 1 unspecified atom stereocenters. The second-order valence-electron chi connectivity index (χ2n) is 8.78. The average Bonchev–Trinajstić information content (AvgIpc) is 2.86. The first-order chi connectivity index (χ1) is 16.0. The van der Waals surface area contributed by atoms with Crippen LogP contribution in [0.1, 0.15) is 59.2 Å². The third kappa shape index (κ3) is 3.76. The van der Waals surface area contributed by atoms with Crippen molar-refractivity contribution >= 4 is 28.4 Å². The Balaban J connectivity index is 1.51. The molecule has 1 fully saturated rings. The monoisotopic (exact) mass is 455 g/mol. The van der Waals surface area contributed by atoms with Gasteiger partial charge in [-0.3, -0.25) is 10.2 Å². The van der Waals surface area contributed by atoms with Gasteiger partial charge in [-0.2, -0.15) is 0 Å². The average molecular weight is 456 g/mol. The second-order valence-corrected chi connectivity index (χ2v) is 10.2. The lowest BCUT2D eigenvalue weighted by Crippen LogP contribution is -2.30. The molecule has 0 aromatic heterocycles. The molecular formula is C28H25NO3S. The predicted octanol–water partition coefficient (Wildman–Crippen LogP) is 6.04. The minimum absolute atomic E-state index is 0.0539. The molecule has 0 amide bonds. The van der Waals surface area contributed by atoms with Crippen LogP contribution in [0.15, 0.2) is 82.6 Å². The van der Waals surface area contributed by atoms with Gasteiger partial charge < -0.3 is 5.11 Å². The van der Waals surface area contributed by atoms with Crippen molar-refractivity contribution in [2.75, 3.05) is 0 Å². The van der Waals surface area contributed by atoms with E-state index >= 15 is 0 Å². The highest BCUT2D eigenvalue weighted by molar-refractivity contribution is 7.85. The van der Waals surface area contributed by atoms with Gasteiger partial charge in [0.2, 0.25) is 5.78 Å². The third-order valence-electron chi connectivity index (χ3n) is 6.92. The van der Waals surface area contributed by atoms with Gasteiger partial charge in [-0.25, -0.2) is 4.21 Å². The molecule has 0 radical (unpaired) electrons. The van der Waals surface area contributed by atoms with E-state index in [1.54, 1.807) is 36.4 Å². The lowest BCUT2D eigenvalue weighted by molar-refractivity contribution is 0.106. The Morgan fingerprint density at radius 2 is 1.45 bits per heavy atom. The summed E-state index contributed by atoms with van der Waals surface area (Å²) in [5, 5.41) is 17.5. The Bertz CT molecular complexity index is 1280. The van der Waals surface area contributed by atoms with E-state index in [4.69, 9.17) is 5.41 Å². The number of fused-ring (bicyclic) bond motifs is 1. The van der Waals surface area contributed by atoms with Crippen LogP contribution in [0.25, 0.3) is 6.08 Å². The zero-order valence-corrected chi connectivity index (χ0v) is 19.0. The summed E-state index contributed by atoms with van der Waals surface area (Å²) in [5.41, 5.74) is 3.31. The maximum Gasteiger partial charge on any atom is 0.211 e. The lowest BCUT2D eigenvalue weighted by Gasteiger charge is -2.38. The number of Topliss-reactive ketones (excluding diaryl/α,β-unsaturated/α-hetero) is 1. The summed E-state index contributed by atoms with van der Waals surface area (Å²) in [6, 6.07) is 20.8. The number of nitrogens with one attached hydrogen (secondary N) is 1. The minimum atomic E-state index is -1.44. The number of aromatic hydroxyl groups is 1. The van der Waals surface area contributed by atoms with Crippen LogP contribution in [0.5, 0.6) is 5.75 Å². The van der Waals surface area contributed by atoms with Crippen molar-refractivity contribution in [1.29, 1.82) is 5.41 Å². The van der Waals surface area contributed by atoms with Gasteiger partial charge >= 0.3 is 0 Å². The molecule has 2 N–H and O–H groups in total. The van der Waals surface area contributed by atoms with E-state index in [-0.39, 0.29) is 22.7 Å². The van der Waals surface area contributed by atoms with Crippen molar-refractivity contribution in [2.45, 2.75) is 47.3 Å². The van der Waals surface area contributed by atoms with Gasteiger partial charge in [0.05, 0.1) is 15.7 Å². The van der Waals surface area contributed by atoms with Gasteiger partial charge in [0.25, 0.3) is 0 Å². The highest BCUT2D eigenvalue weighted by atomic mass is 32.2. The normalized spacial score (nSPS) is 18.1. The fourth-order valence-corrected chi connectivity index (χ4v) is 6.38. The number of hydrogen-bond donors (Lipinski definition) is 2. The van der Waals surface area contributed by atoms with Crippen molar-refractivity contribution in [3.63, 3.8) is 0 Å². The van der Waals surface area contributed by atoms with E-state index < -0.39 is 10.8 Å². The number of carbonyl (C=O) groups excluding carboxylic acids is 1. The summed E-state index contributed by atoms with van der Waals surface area (Å²) in [7, 11) is -1.44. The maximum absolute atomic E-state index is 13.5. The number of phenolic OH excluding ortho intramolecular Hbond substituents is 1. The molecule has 166 valence electrons. The first-order valence-corrected chi connectivity index (χ1v) is 12.4. The summed E-state index contributed by atoms with van der Waals surface area (Å²) in [5.74, 6) is -0.0702. The van der Waals surface area contributed by atoms with Crippen LogP contribution in [-0.2, 0) is 16.2 Å². The summed E-state index contributed by atoms with van der Waals surface area (Å²) >= 11 is 0. The van der Waals surface area contributed by atoms with E-state index in [1.807, 2.05) is 24.3 Å². The quantitative estimate of drug-likeness (QED) is 0.503. The molecule has 33 heavy (non-hydrogen) atoms. The summed E-state index contributed by atoms with van der Waals surface area (Å²) in [6.45, 7) is 0. The minimum Gasteiger partial charge on any atom is -0.508 e. The van der Waals surface area contributed by atoms with Gasteiger partial charge in [-0.05, 0) is 60.4 Å². The molecule has 0 aliphatic heterocycles. The molecule has 5 heteroatoms. The number of phenols is 1. The van der Waals surface area contributed by atoms with Gasteiger partial charge in [0.15, 0.2) is 0 Å². The maximum atomic E-state index is 13.5. The molecule has 0 spiro atoms. The molecule has 5 rings (SSSR count). The number of hydrogen-bond acceptors (Lipinski definition) is 4. The SMILES string of the molecule is N=C1C=Cc2c(cccc2S(=O)c2ccc(C3(c4ccc(O)cc4)CCCCC3)cc2)C1=O. The third-order valence-corrected chi connectivity index (χ3v) is 8.38. The van der Waals surface area contributed by atoms with Gasteiger partial charge in [-0.15, -0.1) is 0 Å². The van der Waals surface area contributed by atoms with Gasteiger partial charge in [0.1, 0.15) is 11.5 Å². The van der Waals surface area contributed by atoms with E-state index in [0.717, 1.165) is 25.7 Å². The molecule has 0 saturated heterocycles. The molecule has 1 atom stereocenters. The molecule has 3 aromatic rings. The molecule has 2 aliphatic carbocycles. The molecule has 0 bridgehead atoms. The number of carbonyl (C=O) groups is 1. The van der Waals surface area contributed by atoms with Crippen molar-refractivity contribution in [2.24, 2.45) is 0 Å². The highest BCUT2D eigenvalue weighted by Crippen LogP contribution is 2.45. The Labute approximate surface area is 196 Å². The van der Waals surface area contributed by atoms with Crippen LogP contribution in [0.2, 0.25) is 0 Å². The standard InChI is InChI=1S/C28H25NO3S/c29-25-16-15-23-24(27(25)31)5-4-6-26(23)33(32)22-13-9-20(10-14-22)28(17-2-1-3-18-28)19-7-11-21(30)12-8-19/h4-16,29-30H,1-3,17-18H2. The van der Waals surface area contributed by atoms with Crippen LogP contribution in [0.4, 0.5) is 0 Å². The second kappa shape index (κ2) is 8.56. The first kappa shape index (κ1) is 21.5. The van der Waals surface area contributed by atoms with Crippen LogP contribution in [-0.4, -0.2) is 20.8 Å². The van der Waals surface area contributed by atoms with Crippen LogP contribution >= 0.6 is 0 Å². The molecular weight excluding hydrogens is 430 g/mol.